The topological polar surface area (TPSA) is 52.6 Å². The average Bonchev–Trinajstić information content (AvgIpc) is 3.19. The lowest BCUT2D eigenvalue weighted by atomic mass is 9.47. The van der Waals surface area contributed by atoms with Gasteiger partial charge in [-0.2, -0.15) is 0 Å². The number of ether oxygens (including phenoxy) is 2. The van der Waals surface area contributed by atoms with Gasteiger partial charge in [-0.05, 0) is 43.9 Å². The van der Waals surface area contributed by atoms with Gasteiger partial charge in [0.25, 0.3) is 0 Å². The number of rotatable bonds is 10. The fraction of sp³-hybridized carbons (Fsp3) is 0.840. The zero-order chi connectivity index (χ0) is 22.1. The Morgan fingerprint density at radius 3 is 1.31 bits per heavy atom. The summed E-state index contributed by atoms with van der Waals surface area (Å²) in [6.45, 7) is 17.3. The minimum atomic E-state index is -0.892. The Kier molecular flexibility index (Phi) is 6.96. The van der Waals surface area contributed by atoms with Crippen molar-refractivity contribution in [2.45, 2.75) is 87.5 Å². The van der Waals surface area contributed by atoms with Crippen LogP contribution in [0.1, 0.15) is 87.5 Å². The summed E-state index contributed by atoms with van der Waals surface area (Å²) in [7, 11) is 0. The molecule has 4 unspecified atom stereocenters. The molecule has 0 aromatic rings. The first-order valence-electron chi connectivity index (χ1n) is 11.6. The van der Waals surface area contributed by atoms with Crippen LogP contribution in [0.2, 0.25) is 0 Å². The van der Waals surface area contributed by atoms with Crippen molar-refractivity contribution in [3.8, 4) is 0 Å². The lowest BCUT2D eigenvalue weighted by molar-refractivity contribution is -0.196. The Hall–Kier alpha value is -1.32. The van der Waals surface area contributed by atoms with E-state index in [1.807, 2.05) is 41.5 Å². The van der Waals surface area contributed by atoms with Gasteiger partial charge < -0.3 is 9.47 Å². The minimum absolute atomic E-state index is 0.210. The van der Waals surface area contributed by atoms with E-state index < -0.39 is 10.8 Å². The number of hydrogen-bond donors (Lipinski definition) is 0. The van der Waals surface area contributed by atoms with Crippen molar-refractivity contribution in [1.82, 2.24) is 0 Å². The molecule has 0 aliphatic heterocycles. The molecule has 0 aromatic carbocycles. The maximum atomic E-state index is 13.9. The summed E-state index contributed by atoms with van der Waals surface area (Å²) >= 11 is 0. The van der Waals surface area contributed by atoms with Crippen LogP contribution in [0.15, 0.2) is 12.2 Å². The molecule has 0 saturated heterocycles. The highest BCUT2D eigenvalue weighted by molar-refractivity contribution is 5.93. The molecule has 2 bridgehead atoms. The molecule has 1 fully saturated rings. The van der Waals surface area contributed by atoms with E-state index in [-0.39, 0.29) is 34.6 Å². The van der Waals surface area contributed by atoms with Crippen molar-refractivity contribution in [1.29, 1.82) is 0 Å². The Morgan fingerprint density at radius 1 is 0.724 bits per heavy atom. The van der Waals surface area contributed by atoms with Crippen LogP contribution in [-0.2, 0) is 19.1 Å². The molecule has 0 radical (unpaired) electrons. The fourth-order valence-corrected chi connectivity index (χ4v) is 6.61. The highest BCUT2D eigenvalue weighted by Gasteiger charge is 2.82. The Morgan fingerprint density at radius 2 is 1.07 bits per heavy atom. The van der Waals surface area contributed by atoms with Gasteiger partial charge in [-0.15, -0.1) is 0 Å². The molecule has 2 aliphatic carbocycles. The van der Waals surface area contributed by atoms with Crippen LogP contribution >= 0.6 is 0 Å². The van der Waals surface area contributed by atoms with Crippen molar-refractivity contribution < 1.29 is 19.1 Å². The molecule has 4 atom stereocenters. The first kappa shape index (κ1) is 24.0. The quantitative estimate of drug-likeness (QED) is 0.332. The van der Waals surface area contributed by atoms with E-state index in [1.165, 1.54) is 0 Å². The van der Waals surface area contributed by atoms with E-state index in [1.54, 1.807) is 0 Å². The van der Waals surface area contributed by atoms with Crippen LogP contribution in [0.25, 0.3) is 0 Å². The third-order valence-electron chi connectivity index (χ3n) is 7.90. The second-order valence-corrected chi connectivity index (χ2v) is 10.0. The van der Waals surface area contributed by atoms with Gasteiger partial charge in [0, 0.05) is 10.8 Å². The summed E-state index contributed by atoms with van der Waals surface area (Å²) in [6.07, 6.45) is 8.08. The first-order chi connectivity index (χ1) is 13.6. The molecule has 0 aromatic heterocycles. The van der Waals surface area contributed by atoms with Gasteiger partial charge in [0.15, 0.2) is 0 Å². The van der Waals surface area contributed by atoms with Gasteiger partial charge in [-0.25, -0.2) is 0 Å². The van der Waals surface area contributed by atoms with Gasteiger partial charge >= 0.3 is 11.9 Å². The van der Waals surface area contributed by atoms with Gasteiger partial charge in [-0.1, -0.05) is 67.5 Å². The summed E-state index contributed by atoms with van der Waals surface area (Å²) in [5, 5.41) is 0. The first-order valence-corrected chi connectivity index (χ1v) is 11.6. The van der Waals surface area contributed by atoms with Crippen LogP contribution in [-0.4, -0.2) is 25.2 Å². The van der Waals surface area contributed by atoms with E-state index in [0.717, 1.165) is 19.3 Å². The maximum absolute atomic E-state index is 13.9. The minimum Gasteiger partial charge on any atom is -0.465 e. The second-order valence-electron chi connectivity index (χ2n) is 10.0. The summed E-state index contributed by atoms with van der Waals surface area (Å²) in [5.41, 5.74) is -2.51. The van der Waals surface area contributed by atoms with Gasteiger partial charge in [0.2, 0.25) is 0 Å². The predicted molar refractivity (Wildman–Crippen MR) is 116 cm³/mol. The van der Waals surface area contributed by atoms with E-state index in [4.69, 9.17) is 9.47 Å². The molecule has 0 amide bonds. The smallest absolute Gasteiger partial charge is 0.314 e. The Bertz CT molecular complexity index is 597. The Balaban J connectivity index is 2.71. The molecule has 0 N–H and O–H groups in total. The third-order valence-corrected chi connectivity index (χ3v) is 7.90. The predicted octanol–water partition coefficient (Wildman–Crippen LogP) is 5.94. The number of fused-ring (bicyclic) bond motifs is 2. The molecular formula is C25H42O4. The summed E-state index contributed by atoms with van der Waals surface area (Å²) in [6, 6.07) is 0. The zero-order valence-electron chi connectivity index (χ0n) is 19.9. The second kappa shape index (κ2) is 8.43. The van der Waals surface area contributed by atoms with Crippen LogP contribution in [0.5, 0.6) is 0 Å². The van der Waals surface area contributed by atoms with E-state index in [9.17, 15) is 9.59 Å². The van der Waals surface area contributed by atoms with Crippen molar-refractivity contribution >= 4 is 11.9 Å². The molecule has 2 aliphatic rings. The zero-order valence-corrected chi connectivity index (χ0v) is 19.9. The van der Waals surface area contributed by atoms with Gasteiger partial charge in [0.1, 0.15) is 0 Å². The fourth-order valence-electron chi connectivity index (χ4n) is 6.61. The monoisotopic (exact) mass is 406 g/mol. The van der Waals surface area contributed by atoms with Crippen LogP contribution in [0.3, 0.4) is 0 Å². The highest BCUT2D eigenvalue weighted by atomic mass is 16.5. The van der Waals surface area contributed by atoms with E-state index >= 15 is 0 Å². The molecular weight excluding hydrogens is 364 g/mol. The molecule has 0 heterocycles. The lowest BCUT2D eigenvalue weighted by Crippen LogP contribution is -2.61. The number of carbonyl (C=O) groups excluding carboxylic acids is 2. The van der Waals surface area contributed by atoms with Crippen molar-refractivity contribution in [2.75, 3.05) is 13.2 Å². The average molecular weight is 407 g/mol. The maximum Gasteiger partial charge on any atom is 0.314 e. The molecule has 4 heteroatoms. The lowest BCUT2D eigenvalue weighted by Gasteiger charge is -2.54. The van der Waals surface area contributed by atoms with Crippen LogP contribution in [0.4, 0.5) is 0 Å². The number of allylic oxidation sites excluding steroid dienone is 2. The molecule has 1 saturated carbocycles. The van der Waals surface area contributed by atoms with Crippen molar-refractivity contribution in [3.05, 3.63) is 12.2 Å². The summed E-state index contributed by atoms with van der Waals surface area (Å²) < 4.78 is 11.8. The van der Waals surface area contributed by atoms with Gasteiger partial charge in [0.05, 0.1) is 24.0 Å². The molecule has 166 valence electrons. The van der Waals surface area contributed by atoms with Crippen molar-refractivity contribution in [3.63, 3.8) is 0 Å². The number of esters is 2. The summed E-state index contributed by atoms with van der Waals surface area (Å²) in [4.78, 5) is 27.7. The number of carbonyl (C=O) groups is 2. The highest BCUT2D eigenvalue weighted by Crippen LogP contribution is 2.80. The van der Waals surface area contributed by atoms with Crippen LogP contribution < -0.4 is 0 Å². The van der Waals surface area contributed by atoms with Gasteiger partial charge in [-0.3, -0.25) is 9.59 Å². The van der Waals surface area contributed by atoms with E-state index in [0.29, 0.717) is 26.1 Å². The normalized spacial score (nSPS) is 35.5. The SMILES string of the molecule is CCC12C=CC(CC)(C1)C(CC)(C(=O)OCC(C)C)C2(CC)C(=O)OCC(C)C. The molecule has 0 spiro atoms. The molecule has 2 rings (SSSR count). The van der Waals surface area contributed by atoms with E-state index in [2.05, 4.69) is 26.0 Å². The largest absolute Gasteiger partial charge is 0.465 e. The van der Waals surface area contributed by atoms with Crippen LogP contribution in [0, 0.1) is 33.5 Å². The molecule has 4 nitrogen and oxygen atoms in total. The molecule has 29 heavy (non-hydrogen) atoms. The number of hydrogen-bond acceptors (Lipinski definition) is 4. The standard InChI is InChI=1S/C25H42O4/c1-9-22-13-14-23(10-2,17-22)25(12-4,21(27)29-16-19(7)8)24(22,11-3)20(26)28-15-18(5)6/h13-14,18-19H,9-12,15-17H2,1-8H3. The third kappa shape index (κ3) is 3.08. The van der Waals surface area contributed by atoms with Crippen molar-refractivity contribution in [2.24, 2.45) is 33.5 Å². The summed E-state index contributed by atoms with van der Waals surface area (Å²) in [5.74, 6) is 0.0874. The Labute approximate surface area is 177 Å².